The van der Waals surface area contributed by atoms with Gasteiger partial charge in [0.05, 0.1) is 4.90 Å². The van der Waals surface area contributed by atoms with Gasteiger partial charge in [0, 0.05) is 0 Å². The fraction of sp³-hybridized carbons (Fsp3) is 0.333. The molecule has 1 fully saturated rings. The van der Waals surface area contributed by atoms with Gasteiger partial charge in [-0.05, 0) is 48.2 Å². The minimum absolute atomic E-state index is 0.101. The van der Waals surface area contributed by atoms with Gasteiger partial charge in [0.2, 0.25) is 0 Å². The van der Waals surface area contributed by atoms with Gasteiger partial charge in [-0.3, -0.25) is 0 Å². The molecular formula is C18H13F7O2S. The number of alkyl halides is 6. The second-order valence-corrected chi connectivity index (χ2v) is 8.85. The van der Waals surface area contributed by atoms with Crippen LogP contribution in [-0.4, -0.2) is 20.8 Å². The molecule has 0 spiro atoms. The van der Waals surface area contributed by atoms with Gasteiger partial charge < -0.3 is 0 Å². The lowest BCUT2D eigenvalue weighted by atomic mass is 9.96. The largest absolute Gasteiger partial charge is 0.404 e. The fourth-order valence-corrected chi connectivity index (χ4v) is 5.24. The summed E-state index contributed by atoms with van der Waals surface area (Å²) in [7, 11) is -4.00. The van der Waals surface area contributed by atoms with E-state index in [0.717, 1.165) is 36.4 Å². The van der Waals surface area contributed by atoms with Crippen molar-refractivity contribution in [3.05, 3.63) is 65.5 Å². The van der Waals surface area contributed by atoms with Crippen LogP contribution in [0.4, 0.5) is 30.7 Å². The zero-order valence-corrected chi connectivity index (χ0v) is 14.8. The zero-order chi connectivity index (χ0) is 21.0. The van der Waals surface area contributed by atoms with Crippen LogP contribution in [0.5, 0.6) is 0 Å². The van der Waals surface area contributed by atoms with E-state index in [0.29, 0.717) is 12.1 Å². The maximum Gasteiger partial charge on any atom is 0.404 e. The van der Waals surface area contributed by atoms with E-state index >= 15 is 0 Å². The Labute approximate surface area is 155 Å². The lowest BCUT2D eigenvalue weighted by Crippen LogP contribution is -2.34. The first kappa shape index (κ1) is 20.6. The minimum Gasteiger partial charge on any atom is -0.223 e. The van der Waals surface area contributed by atoms with E-state index in [1.165, 1.54) is 0 Å². The quantitative estimate of drug-likeness (QED) is 0.478. The monoisotopic (exact) mass is 426 g/mol. The molecule has 1 aliphatic rings. The topological polar surface area (TPSA) is 34.1 Å². The molecule has 2 aromatic carbocycles. The molecule has 0 bridgehead atoms. The molecule has 0 heterocycles. The number of hydrogen-bond acceptors (Lipinski definition) is 2. The average Bonchev–Trinajstić information content (AvgIpc) is 3.35. The summed E-state index contributed by atoms with van der Waals surface area (Å²) in [5.74, 6) is -4.29. The summed E-state index contributed by atoms with van der Waals surface area (Å²) >= 11 is 0. The third kappa shape index (κ3) is 3.49. The van der Waals surface area contributed by atoms with Crippen LogP contribution in [-0.2, 0) is 14.6 Å². The predicted molar refractivity (Wildman–Crippen MR) is 85.8 cm³/mol. The van der Waals surface area contributed by atoms with Crippen LogP contribution in [0.15, 0.2) is 53.4 Å². The fourth-order valence-electron chi connectivity index (χ4n) is 3.21. The molecule has 0 unspecified atom stereocenters. The van der Waals surface area contributed by atoms with Crippen LogP contribution < -0.4 is 0 Å². The maximum atomic E-state index is 13.0. The van der Waals surface area contributed by atoms with Crippen molar-refractivity contribution in [2.75, 3.05) is 0 Å². The normalized spacial score (nSPS) is 17.0. The van der Waals surface area contributed by atoms with Crippen molar-refractivity contribution in [2.45, 2.75) is 40.8 Å². The van der Waals surface area contributed by atoms with Gasteiger partial charge in [-0.1, -0.05) is 24.3 Å². The smallest absolute Gasteiger partial charge is 0.223 e. The van der Waals surface area contributed by atoms with E-state index in [-0.39, 0.29) is 23.3 Å². The third-order valence-corrected chi connectivity index (χ3v) is 7.33. The Bertz CT molecular complexity index is 941. The number of rotatable bonds is 4. The van der Waals surface area contributed by atoms with E-state index in [4.69, 9.17) is 0 Å². The van der Waals surface area contributed by atoms with Crippen molar-refractivity contribution in [2.24, 2.45) is 0 Å². The molecular weight excluding hydrogens is 413 g/mol. The van der Waals surface area contributed by atoms with Gasteiger partial charge in [-0.25, -0.2) is 12.8 Å². The number of sulfone groups is 1. The molecule has 0 radical (unpaired) electrons. The molecule has 3 rings (SSSR count). The highest BCUT2D eigenvalue weighted by Crippen LogP contribution is 2.55. The molecule has 2 nitrogen and oxygen atoms in total. The predicted octanol–water partition coefficient (Wildman–Crippen LogP) is 5.50. The molecule has 0 saturated heterocycles. The molecule has 28 heavy (non-hydrogen) atoms. The molecule has 0 aromatic heterocycles. The minimum atomic E-state index is -5.53. The summed E-state index contributed by atoms with van der Waals surface area (Å²) in [5, 5.41) is 0. The number of benzene rings is 2. The van der Waals surface area contributed by atoms with Crippen molar-refractivity contribution in [3.8, 4) is 0 Å². The van der Waals surface area contributed by atoms with Crippen molar-refractivity contribution < 1.29 is 39.2 Å². The highest BCUT2D eigenvalue weighted by molar-refractivity contribution is 7.92. The Kier molecular flexibility index (Phi) is 4.76. The number of halogens is 7. The van der Waals surface area contributed by atoms with Gasteiger partial charge in [-0.15, -0.1) is 0 Å². The lowest BCUT2D eigenvalue weighted by Gasteiger charge is -2.24. The molecule has 0 amide bonds. The molecule has 1 aliphatic carbocycles. The summed E-state index contributed by atoms with van der Waals surface area (Å²) in [6, 6.07) is 7.34. The zero-order valence-electron chi connectivity index (χ0n) is 14.0. The summed E-state index contributed by atoms with van der Waals surface area (Å²) < 4.78 is 114. The molecule has 0 atom stereocenters. The Morgan fingerprint density at radius 3 is 1.64 bits per heavy atom. The molecule has 152 valence electrons. The Hall–Kier alpha value is -2.10. The van der Waals surface area contributed by atoms with Gasteiger partial charge in [0.15, 0.2) is 15.8 Å². The summed E-state index contributed by atoms with van der Waals surface area (Å²) in [6.07, 6.45) is -10.7. The summed E-state index contributed by atoms with van der Waals surface area (Å²) in [6.45, 7) is 0. The molecule has 1 saturated carbocycles. The van der Waals surface area contributed by atoms with Crippen molar-refractivity contribution in [1.82, 2.24) is 0 Å². The average molecular weight is 426 g/mol. The van der Waals surface area contributed by atoms with E-state index < -0.39 is 44.2 Å². The van der Waals surface area contributed by atoms with Crippen molar-refractivity contribution in [1.29, 1.82) is 0 Å². The Balaban J connectivity index is 1.98. The Morgan fingerprint density at radius 2 is 1.25 bits per heavy atom. The number of hydrogen-bond donors (Lipinski definition) is 0. The van der Waals surface area contributed by atoms with Gasteiger partial charge in [-0.2, -0.15) is 26.3 Å². The van der Waals surface area contributed by atoms with Crippen LogP contribution in [0.2, 0.25) is 0 Å². The highest BCUT2D eigenvalue weighted by Gasteiger charge is 2.58. The molecule has 10 heteroatoms. The van der Waals surface area contributed by atoms with Crippen LogP contribution in [0.25, 0.3) is 0 Å². The van der Waals surface area contributed by atoms with Crippen LogP contribution >= 0.6 is 0 Å². The van der Waals surface area contributed by atoms with Gasteiger partial charge >= 0.3 is 12.4 Å². The summed E-state index contributed by atoms with van der Waals surface area (Å²) in [5.41, 5.74) is -0.914. The molecule has 0 aliphatic heterocycles. The van der Waals surface area contributed by atoms with E-state index in [1.54, 1.807) is 0 Å². The van der Waals surface area contributed by atoms with Crippen LogP contribution in [0.3, 0.4) is 0 Å². The molecule has 0 N–H and O–H groups in total. The van der Waals surface area contributed by atoms with E-state index in [9.17, 15) is 39.2 Å². The third-order valence-electron chi connectivity index (χ3n) is 4.77. The lowest BCUT2D eigenvalue weighted by molar-refractivity contribution is -0.253. The second-order valence-electron chi connectivity index (χ2n) is 6.59. The SMILES string of the molecule is O=S(=O)(c1ccc(F)cc1)C1(c2ccc(C(C(F)(F)F)C(F)(F)F)cc2)CC1. The van der Waals surface area contributed by atoms with Crippen molar-refractivity contribution >= 4 is 9.84 Å². The van der Waals surface area contributed by atoms with E-state index in [1.807, 2.05) is 0 Å². The Morgan fingerprint density at radius 1 is 0.786 bits per heavy atom. The van der Waals surface area contributed by atoms with Gasteiger partial charge in [0.25, 0.3) is 0 Å². The van der Waals surface area contributed by atoms with Crippen LogP contribution in [0.1, 0.15) is 29.9 Å². The highest BCUT2D eigenvalue weighted by atomic mass is 32.2. The maximum absolute atomic E-state index is 13.0. The standard InChI is InChI=1S/C18H13F7O2S/c19-13-5-7-14(8-6-13)28(26,27)16(9-10-16)12-3-1-11(2-4-12)15(17(20,21)22)18(23,24)25/h1-8,15H,9-10H2. The van der Waals surface area contributed by atoms with Crippen LogP contribution in [0, 0.1) is 5.82 Å². The summed E-state index contributed by atoms with van der Waals surface area (Å²) in [4.78, 5) is -0.168. The first-order chi connectivity index (χ1) is 12.8. The first-order valence-electron chi connectivity index (χ1n) is 8.03. The second kappa shape index (κ2) is 6.47. The first-order valence-corrected chi connectivity index (χ1v) is 9.51. The van der Waals surface area contributed by atoms with E-state index in [2.05, 4.69) is 0 Å². The van der Waals surface area contributed by atoms with Crippen molar-refractivity contribution in [3.63, 3.8) is 0 Å². The molecule has 2 aromatic rings. The van der Waals surface area contributed by atoms with Gasteiger partial charge in [0.1, 0.15) is 10.6 Å².